The average molecular weight is 201 g/mol. The zero-order chi connectivity index (χ0) is 10.4. The third kappa shape index (κ3) is 1.19. The van der Waals surface area contributed by atoms with Crippen molar-refractivity contribution in [3.63, 3.8) is 0 Å². The Morgan fingerprint density at radius 3 is 2.80 bits per heavy atom. The van der Waals surface area contributed by atoms with Gasteiger partial charge in [-0.25, -0.2) is 9.97 Å². The van der Waals surface area contributed by atoms with E-state index < -0.39 is 0 Å². The number of fused-ring (bicyclic) bond motifs is 1. The van der Waals surface area contributed by atoms with Crippen molar-refractivity contribution in [3.8, 4) is 0 Å². The monoisotopic (exact) mass is 201 g/mol. The summed E-state index contributed by atoms with van der Waals surface area (Å²) >= 11 is 0. The molecule has 0 atom stereocenters. The molecule has 2 heterocycles. The van der Waals surface area contributed by atoms with Gasteiger partial charge in [-0.05, 0) is 44.7 Å². The second kappa shape index (κ2) is 3.05. The van der Waals surface area contributed by atoms with Gasteiger partial charge in [0.15, 0.2) is 5.65 Å². The molecule has 0 aromatic carbocycles. The maximum Gasteiger partial charge on any atom is 0.160 e. The SMILES string of the molecule is Cc1ccnc2c1nc(C)n2C1CCC1. The molecule has 3 heteroatoms. The lowest BCUT2D eigenvalue weighted by atomic mass is 9.93. The van der Waals surface area contributed by atoms with Crippen LogP contribution in [-0.2, 0) is 0 Å². The number of aryl methyl sites for hydroxylation is 2. The number of hydrogen-bond donors (Lipinski definition) is 0. The molecular weight excluding hydrogens is 186 g/mol. The van der Waals surface area contributed by atoms with E-state index in [1.54, 1.807) is 0 Å². The van der Waals surface area contributed by atoms with Crippen LogP contribution in [0, 0.1) is 13.8 Å². The molecular formula is C12H15N3. The summed E-state index contributed by atoms with van der Waals surface area (Å²) < 4.78 is 2.31. The van der Waals surface area contributed by atoms with E-state index in [2.05, 4.69) is 28.4 Å². The van der Waals surface area contributed by atoms with Gasteiger partial charge in [0.25, 0.3) is 0 Å². The Bertz CT molecular complexity index is 509. The normalized spacial score (nSPS) is 16.9. The van der Waals surface area contributed by atoms with Gasteiger partial charge in [0.1, 0.15) is 11.3 Å². The number of nitrogens with zero attached hydrogens (tertiary/aromatic N) is 3. The van der Waals surface area contributed by atoms with Crippen LogP contribution in [0.1, 0.15) is 36.7 Å². The molecule has 3 rings (SSSR count). The van der Waals surface area contributed by atoms with Crippen LogP contribution < -0.4 is 0 Å². The summed E-state index contributed by atoms with van der Waals surface area (Å²) in [5.74, 6) is 1.11. The van der Waals surface area contributed by atoms with Crippen LogP contribution in [0.5, 0.6) is 0 Å². The molecule has 3 nitrogen and oxygen atoms in total. The lowest BCUT2D eigenvalue weighted by Crippen LogP contribution is -2.18. The van der Waals surface area contributed by atoms with E-state index in [-0.39, 0.29) is 0 Å². The molecule has 2 aromatic rings. The molecule has 0 saturated heterocycles. The number of rotatable bonds is 1. The van der Waals surface area contributed by atoms with Gasteiger partial charge in [-0.2, -0.15) is 0 Å². The minimum absolute atomic E-state index is 0.643. The fourth-order valence-corrected chi connectivity index (χ4v) is 2.30. The Hall–Kier alpha value is -1.38. The van der Waals surface area contributed by atoms with E-state index >= 15 is 0 Å². The average Bonchev–Trinajstić information content (AvgIpc) is 2.44. The Morgan fingerprint density at radius 1 is 1.33 bits per heavy atom. The summed E-state index contributed by atoms with van der Waals surface area (Å²) in [6, 6.07) is 2.67. The van der Waals surface area contributed by atoms with E-state index in [1.807, 2.05) is 12.3 Å². The van der Waals surface area contributed by atoms with Crippen molar-refractivity contribution in [2.45, 2.75) is 39.2 Å². The largest absolute Gasteiger partial charge is 0.310 e. The molecule has 0 aliphatic heterocycles. The molecule has 1 fully saturated rings. The highest BCUT2D eigenvalue weighted by Gasteiger charge is 2.23. The maximum absolute atomic E-state index is 4.62. The van der Waals surface area contributed by atoms with Crippen LogP contribution in [-0.4, -0.2) is 14.5 Å². The highest BCUT2D eigenvalue weighted by molar-refractivity contribution is 5.75. The zero-order valence-corrected chi connectivity index (χ0v) is 9.20. The number of hydrogen-bond acceptors (Lipinski definition) is 2. The first-order valence-corrected chi connectivity index (χ1v) is 5.57. The van der Waals surface area contributed by atoms with Gasteiger partial charge in [-0.15, -0.1) is 0 Å². The molecule has 0 unspecified atom stereocenters. The highest BCUT2D eigenvalue weighted by Crippen LogP contribution is 2.35. The van der Waals surface area contributed by atoms with E-state index in [4.69, 9.17) is 0 Å². The lowest BCUT2D eigenvalue weighted by Gasteiger charge is -2.28. The van der Waals surface area contributed by atoms with Crippen molar-refractivity contribution in [3.05, 3.63) is 23.7 Å². The molecule has 15 heavy (non-hydrogen) atoms. The van der Waals surface area contributed by atoms with E-state index in [0.29, 0.717) is 6.04 Å². The molecule has 0 spiro atoms. The lowest BCUT2D eigenvalue weighted by molar-refractivity contribution is 0.314. The summed E-state index contributed by atoms with van der Waals surface area (Å²) in [7, 11) is 0. The first kappa shape index (κ1) is 8.89. The van der Waals surface area contributed by atoms with Gasteiger partial charge in [-0.3, -0.25) is 0 Å². The standard InChI is InChI=1S/C12H15N3/c1-8-6-7-13-12-11(8)14-9(2)15(12)10-4-3-5-10/h6-7,10H,3-5H2,1-2H3. The topological polar surface area (TPSA) is 30.7 Å². The van der Waals surface area contributed by atoms with Crippen molar-refractivity contribution < 1.29 is 0 Å². The highest BCUT2D eigenvalue weighted by atomic mass is 15.2. The molecule has 1 aliphatic carbocycles. The van der Waals surface area contributed by atoms with Crippen LogP contribution in [0.3, 0.4) is 0 Å². The van der Waals surface area contributed by atoms with E-state index in [1.165, 1.54) is 24.8 Å². The molecule has 78 valence electrons. The second-order valence-electron chi connectivity index (χ2n) is 4.41. The van der Waals surface area contributed by atoms with Gasteiger partial charge in [-0.1, -0.05) is 0 Å². The van der Waals surface area contributed by atoms with Crippen LogP contribution >= 0.6 is 0 Å². The molecule has 1 aliphatic rings. The maximum atomic E-state index is 4.62. The van der Waals surface area contributed by atoms with Crippen LogP contribution in [0.4, 0.5) is 0 Å². The van der Waals surface area contributed by atoms with Crippen molar-refractivity contribution in [1.29, 1.82) is 0 Å². The van der Waals surface area contributed by atoms with Crippen molar-refractivity contribution >= 4 is 11.2 Å². The Balaban J connectivity index is 2.27. The quantitative estimate of drug-likeness (QED) is 0.710. The third-order valence-corrected chi connectivity index (χ3v) is 3.40. The van der Waals surface area contributed by atoms with Gasteiger partial charge in [0, 0.05) is 12.2 Å². The Morgan fingerprint density at radius 2 is 2.13 bits per heavy atom. The fraction of sp³-hybridized carbons (Fsp3) is 0.500. The van der Waals surface area contributed by atoms with Gasteiger partial charge in [0.2, 0.25) is 0 Å². The Labute approximate surface area is 89.2 Å². The Kier molecular flexibility index (Phi) is 1.81. The number of pyridine rings is 1. The molecule has 0 amide bonds. The molecule has 1 saturated carbocycles. The fourth-order valence-electron chi connectivity index (χ4n) is 2.30. The summed E-state index contributed by atoms with van der Waals surface area (Å²) in [6.07, 6.45) is 5.79. The molecule has 0 radical (unpaired) electrons. The molecule has 0 bridgehead atoms. The minimum Gasteiger partial charge on any atom is -0.310 e. The second-order valence-corrected chi connectivity index (χ2v) is 4.41. The first-order chi connectivity index (χ1) is 7.27. The summed E-state index contributed by atoms with van der Waals surface area (Å²) in [5, 5.41) is 0. The molecule has 2 aromatic heterocycles. The summed E-state index contributed by atoms with van der Waals surface area (Å²) in [6.45, 7) is 4.18. The number of imidazole rings is 1. The minimum atomic E-state index is 0.643. The van der Waals surface area contributed by atoms with Crippen molar-refractivity contribution in [1.82, 2.24) is 14.5 Å². The van der Waals surface area contributed by atoms with Gasteiger partial charge >= 0.3 is 0 Å². The van der Waals surface area contributed by atoms with Gasteiger partial charge < -0.3 is 4.57 Å². The third-order valence-electron chi connectivity index (χ3n) is 3.40. The predicted octanol–water partition coefficient (Wildman–Crippen LogP) is 2.77. The van der Waals surface area contributed by atoms with Crippen LogP contribution in [0.15, 0.2) is 12.3 Å². The van der Waals surface area contributed by atoms with Gasteiger partial charge in [0.05, 0.1) is 0 Å². The van der Waals surface area contributed by atoms with Crippen LogP contribution in [0.25, 0.3) is 11.2 Å². The van der Waals surface area contributed by atoms with Crippen molar-refractivity contribution in [2.24, 2.45) is 0 Å². The smallest absolute Gasteiger partial charge is 0.160 e. The van der Waals surface area contributed by atoms with E-state index in [9.17, 15) is 0 Å². The first-order valence-electron chi connectivity index (χ1n) is 5.57. The van der Waals surface area contributed by atoms with Crippen LogP contribution in [0.2, 0.25) is 0 Å². The number of aromatic nitrogens is 3. The van der Waals surface area contributed by atoms with E-state index in [0.717, 1.165) is 17.0 Å². The zero-order valence-electron chi connectivity index (χ0n) is 9.20. The predicted molar refractivity (Wildman–Crippen MR) is 59.9 cm³/mol. The summed E-state index contributed by atoms with van der Waals surface area (Å²) in [4.78, 5) is 9.08. The summed E-state index contributed by atoms with van der Waals surface area (Å²) in [5.41, 5.74) is 3.36. The molecule has 0 N–H and O–H groups in total. The van der Waals surface area contributed by atoms with Crippen molar-refractivity contribution in [2.75, 3.05) is 0 Å².